The maximum atomic E-state index is 13.1. The first-order chi connectivity index (χ1) is 11.1. The van der Waals surface area contributed by atoms with Crippen molar-refractivity contribution < 1.29 is 9.18 Å². The van der Waals surface area contributed by atoms with Gasteiger partial charge in [-0.15, -0.1) is 6.42 Å². The lowest BCUT2D eigenvalue weighted by molar-refractivity contribution is -0.116. The summed E-state index contributed by atoms with van der Waals surface area (Å²) in [6.45, 7) is 0. The van der Waals surface area contributed by atoms with Crippen molar-refractivity contribution in [3.8, 4) is 12.3 Å². The van der Waals surface area contributed by atoms with Gasteiger partial charge in [0.15, 0.2) is 5.16 Å². The number of terminal acetylenes is 1. The SMILES string of the molecule is C#CCSc1nc2c(c(=O)[nH]1)[C@H](c1ccc(F)cc1)CC(=O)N2. The fourth-order valence-electron chi connectivity index (χ4n) is 2.51. The fourth-order valence-corrected chi connectivity index (χ4v) is 3.05. The molecule has 1 aliphatic rings. The van der Waals surface area contributed by atoms with Crippen LogP contribution >= 0.6 is 11.8 Å². The molecular formula is C16H12FN3O2S. The predicted octanol–water partition coefficient (Wildman–Crippen LogP) is 2.11. The lowest BCUT2D eigenvalue weighted by Crippen LogP contribution is -2.31. The van der Waals surface area contributed by atoms with Crippen molar-refractivity contribution >= 4 is 23.5 Å². The highest BCUT2D eigenvalue weighted by molar-refractivity contribution is 7.99. The number of thioether (sulfide) groups is 1. The average Bonchev–Trinajstić information content (AvgIpc) is 2.52. The van der Waals surface area contributed by atoms with Gasteiger partial charge in [-0.25, -0.2) is 9.37 Å². The van der Waals surface area contributed by atoms with E-state index < -0.39 is 5.92 Å². The summed E-state index contributed by atoms with van der Waals surface area (Å²) in [7, 11) is 0. The summed E-state index contributed by atoms with van der Waals surface area (Å²) in [4.78, 5) is 31.3. The third-order valence-electron chi connectivity index (χ3n) is 3.49. The Morgan fingerprint density at radius 3 is 2.78 bits per heavy atom. The smallest absolute Gasteiger partial charge is 0.257 e. The van der Waals surface area contributed by atoms with Crippen LogP contribution in [0, 0.1) is 18.2 Å². The molecule has 1 amide bonds. The molecule has 1 aliphatic heterocycles. The van der Waals surface area contributed by atoms with Gasteiger partial charge >= 0.3 is 0 Å². The second kappa shape index (κ2) is 6.26. The van der Waals surface area contributed by atoms with Crippen molar-refractivity contribution in [2.75, 3.05) is 11.1 Å². The highest BCUT2D eigenvalue weighted by Crippen LogP contribution is 2.34. The second-order valence-corrected chi connectivity index (χ2v) is 5.95. The molecule has 0 saturated heterocycles. The Bertz CT molecular complexity index is 855. The van der Waals surface area contributed by atoms with Crippen LogP contribution in [0.2, 0.25) is 0 Å². The minimum absolute atomic E-state index is 0.111. The van der Waals surface area contributed by atoms with Crippen LogP contribution in [0.3, 0.4) is 0 Å². The van der Waals surface area contributed by atoms with E-state index in [1.165, 1.54) is 23.9 Å². The van der Waals surface area contributed by atoms with E-state index >= 15 is 0 Å². The van der Waals surface area contributed by atoms with Crippen molar-refractivity contribution in [3.63, 3.8) is 0 Å². The molecule has 0 aliphatic carbocycles. The molecule has 2 heterocycles. The molecule has 0 fully saturated rings. The van der Waals surface area contributed by atoms with E-state index in [0.29, 0.717) is 22.0 Å². The first kappa shape index (κ1) is 15.3. The predicted molar refractivity (Wildman–Crippen MR) is 85.9 cm³/mol. The molecule has 116 valence electrons. The van der Waals surface area contributed by atoms with Crippen molar-refractivity contribution in [1.82, 2.24) is 9.97 Å². The highest BCUT2D eigenvalue weighted by atomic mass is 32.2. The summed E-state index contributed by atoms with van der Waals surface area (Å²) >= 11 is 1.20. The molecule has 2 N–H and O–H groups in total. The maximum absolute atomic E-state index is 13.1. The summed E-state index contributed by atoms with van der Waals surface area (Å²) in [5, 5.41) is 2.97. The molecule has 0 spiro atoms. The average molecular weight is 329 g/mol. The van der Waals surface area contributed by atoms with Crippen molar-refractivity contribution in [1.29, 1.82) is 0 Å². The molecule has 1 aromatic heterocycles. The maximum Gasteiger partial charge on any atom is 0.257 e. The summed E-state index contributed by atoms with van der Waals surface area (Å²) < 4.78 is 13.1. The number of carbonyl (C=O) groups is 1. The van der Waals surface area contributed by atoms with Crippen molar-refractivity contribution in [2.45, 2.75) is 17.5 Å². The van der Waals surface area contributed by atoms with Crippen molar-refractivity contribution in [3.05, 3.63) is 51.6 Å². The lowest BCUT2D eigenvalue weighted by Gasteiger charge is -2.24. The Morgan fingerprint density at radius 1 is 1.35 bits per heavy atom. The molecule has 7 heteroatoms. The van der Waals surface area contributed by atoms with Crippen LogP contribution in [-0.4, -0.2) is 21.6 Å². The van der Waals surface area contributed by atoms with E-state index in [1.54, 1.807) is 12.1 Å². The normalized spacial score (nSPS) is 16.3. The molecule has 0 bridgehead atoms. The van der Waals surface area contributed by atoms with Crippen molar-refractivity contribution in [2.24, 2.45) is 0 Å². The Labute approximate surface area is 135 Å². The number of halogens is 1. The standard InChI is InChI=1S/C16H12FN3O2S/c1-2-7-23-16-19-14-13(15(22)20-16)11(8-12(21)18-14)9-3-5-10(17)6-4-9/h1,3-6,11H,7-8H2,(H2,18,19,20,21,22)/t11-/m0/s1. The summed E-state index contributed by atoms with van der Waals surface area (Å²) in [6, 6.07) is 5.76. The topological polar surface area (TPSA) is 74.8 Å². The zero-order valence-electron chi connectivity index (χ0n) is 11.9. The van der Waals surface area contributed by atoms with E-state index in [-0.39, 0.29) is 29.5 Å². The number of anilines is 1. The van der Waals surface area contributed by atoms with E-state index in [1.807, 2.05) is 0 Å². The van der Waals surface area contributed by atoms with Gasteiger partial charge in [-0.2, -0.15) is 0 Å². The number of carbonyl (C=O) groups excluding carboxylic acids is 1. The first-order valence-corrected chi connectivity index (χ1v) is 7.83. The number of hydrogen-bond acceptors (Lipinski definition) is 4. The Balaban J connectivity index is 2.07. The molecule has 3 rings (SSSR count). The number of hydrogen-bond donors (Lipinski definition) is 2. The number of H-pyrrole nitrogens is 1. The second-order valence-electron chi connectivity index (χ2n) is 4.98. The third-order valence-corrected chi connectivity index (χ3v) is 4.27. The molecule has 0 unspecified atom stereocenters. The lowest BCUT2D eigenvalue weighted by atomic mass is 9.87. The molecule has 0 radical (unpaired) electrons. The Kier molecular flexibility index (Phi) is 4.17. The minimum Gasteiger partial charge on any atom is -0.310 e. The van der Waals surface area contributed by atoms with Gasteiger partial charge in [0.1, 0.15) is 11.6 Å². The summed E-state index contributed by atoms with van der Waals surface area (Å²) in [5.74, 6) is 1.97. The van der Waals surface area contributed by atoms with Gasteiger partial charge in [0.25, 0.3) is 5.56 Å². The van der Waals surface area contributed by atoms with Crippen LogP contribution in [0.25, 0.3) is 0 Å². The number of fused-ring (bicyclic) bond motifs is 1. The van der Waals surface area contributed by atoms with Crippen LogP contribution in [0.4, 0.5) is 10.2 Å². The highest BCUT2D eigenvalue weighted by Gasteiger charge is 2.30. The number of nitrogens with zero attached hydrogens (tertiary/aromatic N) is 1. The zero-order chi connectivity index (χ0) is 16.4. The molecule has 1 aromatic carbocycles. The summed E-state index contributed by atoms with van der Waals surface area (Å²) in [6.07, 6.45) is 5.30. The Hall–Kier alpha value is -2.59. The van der Waals surface area contributed by atoms with Gasteiger partial charge in [-0.05, 0) is 17.7 Å². The summed E-state index contributed by atoms with van der Waals surface area (Å²) in [5.41, 5.74) is 0.740. The van der Waals surface area contributed by atoms with Crippen LogP contribution in [-0.2, 0) is 4.79 Å². The van der Waals surface area contributed by atoms with Gasteiger partial charge in [-0.3, -0.25) is 9.59 Å². The number of amides is 1. The zero-order valence-corrected chi connectivity index (χ0v) is 12.7. The van der Waals surface area contributed by atoms with Crippen LogP contribution < -0.4 is 10.9 Å². The molecule has 5 nitrogen and oxygen atoms in total. The van der Waals surface area contributed by atoms with Crippen LogP contribution in [0.15, 0.2) is 34.2 Å². The van der Waals surface area contributed by atoms with Gasteiger partial charge in [0, 0.05) is 12.3 Å². The molecule has 23 heavy (non-hydrogen) atoms. The number of rotatable bonds is 3. The van der Waals surface area contributed by atoms with E-state index in [2.05, 4.69) is 21.2 Å². The van der Waals surface area contributed by atoms with Gasteiger partial charge in [-0.1, -0.05) is 29.8 Å². The third kappa shape index (κ3) is 3.12. The number of benzene rings is 1. The first-order valence-electron chi connectivity index (χ1n) is 6.84. The molecule has 2 aromatic rings. The van der Waals surface area contributed by atoms with E-state index in [9.17, 15) is 14.0 Å². The van der Waals surface area contributed by atoms with Gasteiger partial charge in [0.05, 0.1) is 11.3 Å². The van der Waals surface area contributed by atoms with Crippen LogP contribution in [0.5, 0.6) is 0 Å². The quantitative estimate of drug-likeness (QED) is 0.514. The molecule has 1 atom stereocenters. The van der Waals surface area contributed by atoms with Gasteiger partial charge < -0.3 is 10.3 Å². The molecular weight excluding hydrogens is 317 g/mol. The van der Waals surface area contributed by atoms with E-state index in [0.717, 1.165) is 0 Å². The number of aromatic amines is 1. The monoisotopic (exact) mass is 329 g/mol. The largest absolute Gasteiger partial charge is 0.310 e. The minimum atomic E-state index is -0.456. The molecule has 0 saturated carbocycles. The number of aromatic nitrogens is 2. The van der Waals surface area contributed by atoms with Gasteiger partial charge in [0.2, 0.25) is 5.91 Å². The van der Waals surface area contributed by atoms with E-state index in [4.69, 9.17) is 6.42 Å². The Morgan fingerprint density at radius 2 is 2.09 bits per heavy atom. The van der Waals surface area contributed by atoms with Crippen LogP contribution in [0.1, 0.15) is 23.5 Å². The number of nitrogens with one attached hydrogen (secondary N) is 2. The fraction of sp³-hybridized carbons (Fsp3) is 0.188.